The van der Waals surface area contributed by atoms with Crippen LogP contribution in [0.3, 0.4) is 0 Å². The Kier molecular flexibility index (Phi) is 3.21. The molecule has 0 bridgehead atoms. The largest absolute Gasteiger partial charge is 0.478 e. The standard InChI is InChI=1S/C13H10ClNO3/c1-7-8-3-2-4-10(14)12(8)15-13(18)9(7)5-6-11(16)17/h2-6H,1H3,(H,15,18)(H,16,17)/b6-5+. The zero-order valence-corrected chi connectivity index (χ0v) is 10.3. The summed E-state index contributed by atoms with van der Waals surface area (Å²) in [4.78, 5) is 25.0. The van der Waals surface area contributed by atoms with Crippen LogP contribution in [0.1, 0.15) is 11.1 Å². The van der Waals surface area contributed by atoms with Gasteiger partial charge in [-0.3, -0.25) is 4.79 Å². The molecule has 1 aromatic carbocycles. The number of hydrogen-bond acceptors (Lipinski definition) is 2. The van der Waals surface area contributed by atoms with Crippen LogP contribution in [-0.4, -0.2) is 16.1 Å². The molecule has 0 amide bonds. The predicted molar refractivity (Wildman–Crippen MR) is 71.0 cm³/mol. The maximum Gasteiger partial charge on any atom is 0.328 e. The van der Waals surface area contributed by atoms with E-state index in [1.165, 1.54) is 6.08 Å². The van der Waals surface area contributed by atoms with E-state index in [0.29, 0.717) is 21.7 Å². The third kappa shape index (κ3) is 2.15. The SMILES string of the molecule is Cc1c(/C=C/C(=O)O)c(=O)[nH]c2c(Cl)cccc12. The van der Waals surface area contributed by atoms with E-state index in [2.05, 4.69) is 4.98 Å². The fraction of sp³-hybridized carbons (Fsp3) is 0.0769. The lowest BCUT2D eigenvalue weighted by molar-refractivity contribution is -0.131. The number of aryl methyl sites for hydroxylation is 1. The Morgan fingerprint density at radius 2 is 2.17 bits per heavy atom. The van der Waals surface area contributed by atoms with Crippen molar-refractivity contribution in [2.75, 3.05) is 0 Å². The van der Waals surface area contributed by atoms with Crippen molar-refractivity contribution in [3.05, 3.63) is 50.8 Å². The van der Waals surface area contributed by atoms with Crippen molar-refractivity contribution in [1.82, 2.24) is 4.98 Å². The summed E-state index contributed by atoms with van der Waals surface area (Å²) in [6.45, 7) is 1.76. The zero-order chi connectivity index (χ0) is 13.3. The third-order valence-corrected chi connectivity index (χ3v) is 3.01. The zero-order valence-electron chi connectivity index (χ0n) is 9.53. The summed E-state index contributed by atoms with van der Waals surface area (Å²) in [6.07, 6.45) is 2.23. The molecule has 0 unspecified atom stereocenters. The van der Waals surface area contributed by atoms with Crippen molar-refractivity contribution >= 4 is 34.5 Å². The van der Waals surface area contributed by atoms with Gasteiger partial charge in [0, 0.05) is 17.0 Å². The van der Waals surface area contributed by atoms with E-state index in [1.807, 2.05) is 6.07 Å². The van der Waals surface area contributed by atoms with Crippen LogP contribution in [-0.2, 0) is 4.79 Å². The van der Waals surface area contributed by atoms with E-state index in [9.17, 15) is 9.59 Å². The van der Waals surface area contributed by atoms with Crippen LogP contribution in [0.15, 0.2) is 29.1 Å². The topological polar surface area (TPSA) is 70.2 Å². The minimum absolute atomic E-state index is 0.326. The lowest BCUT2D eigenvalue weighted by Gasteiger charge is -2.06. The van der Waals surface area contributed by atoms with E-state index < -0.39 is 5.97 Å². The Hall–Kier alpha value is -2.07. The molecule has 0 saturated heterocycles. The van der Waals surface area contributed by atoms with E-state index in [1.54, 1.807) is 19.1 Å². The molecule has 0 aliphatic rings. The molecule has 0 radical (unpaired) electrons. The Balaban J connectivity index is 2.78. The molecule has 2 rings (SSSR count). The quantitative estimate of drug-likeness (QED) is 0.818. The Bertz CT molecular complexity index is 716. The van der Waals surface area contributed by atoms with Crippen LogP contribution in [0.2, 0.25) is 5.02 Å². The fourth-order valence-electron chi connectivity index (χ4n) is 1.82. The third-order valence-electron chi connectivity index (χ3n) is 2.70. The van der Waals surface area contributed by atoms with Gasteiger partial charge < -0.3 is 10.1 Å². The first-order valence-electron chi connectivity index (χ1n) is 5.23. The highest BCUT2D eigenvalue weighted by atomic mass is 35.5. The van der Waals surface area contributed by atoms with Crippen LogP contribution in [0.25, 0.3) is 17.0 Å². The molecule has 0 spiro atoms. The van der Waals surface area contributed by atoms with Crippen molar-refractivity contribution < 1.29 is 9.90 Å². The molecule has 4 nitrogen and oxygen atoms in total. The number of carbonyl (C=O) groups is 1. The molecule has 0 aliphatic carbocycles. The molecule has 2 aromatic rings. The van der Waals surface area contributed by atoms with Crippen LogP contribution in [0.4, 0.5) is 0 Å². The van der Waals surface area contributed by atoms with E-state index in [-0.39, 0.29) is 5.56 Å². The first kappa shape index (κ1) is 12.4. The molecule has 1 heterocycles. The minimum Gasteiger partial charge on any atom is -0.478 e. The molecule has 0 fully saturated rings. The van der Waals surface area contributed by atoms with Gasteiger partial charge >= 0.3 is 5.97 Å². The van der Waals surface area contributed by atoms with E-state index in [4.69, 9.17) is 16.7 Å². The Morgan fingerprint density at radius 3 is 2.83 bits per heavy atom. The smallest absolute Gasteiger partial charge is 0.328 e. The number of carboxylic acids is 1. The number of aromatic nitrogens is 1. The Morgan fingerprint density at radius 1 is 1.44 bits per heavy atom. The van der Waals surface area contributed by atoms with Gasteiger partial charge in [0.05, 0.1) is 10.5 Å². The highest BCUT2D eigenvalue weighted by Gasteiger charge is 2.08. The summed E-state index contributed by atoms with van der Waals surface area (Å²) in [5, 5.41) is 9.85. The number of aromatic amines is 1. The molecular weight excluding hydrogens is 254 g/mol. The van der Waals surface area contributed by atoms with Gasteiger partial charge in [-0.05, 0) is 24.6 Å². The number of aliphatic carboxylic acids is 1. The normalized spacial score (nSPS) is 11.2. The van der Waals surface area contributed by atoms with Crippen molar-refractivity contribution in [2.24, 2.45) is 0 Å². The van der Waals surface area contributed by atoms with Crippen molar-refractivity contribution in [3.8, 4) is 0 Å². The molecule has 5 heteroatoms. The second-order valence-corrected chi connectivity index (χ2v) is 4.23. The monoisotopic (exact) mass is 263 g/mol. The number of hydrogen-bond donors (Lipinski definition) is 2. The van der Waals surface area contributed by atoms with Crippen molar-refractivity contribution in [3.63, 3.8) is 0 Å². The number of pyridine rings is 1. The summed E-state index contributed by atoms with van der Waals surface area (Å²) in [5.41, 5.74) is 1.24. The number of nitrogens with one attached hydrogen (secondary N) is 1. The minimum atomic E-state index is -1.10. The number of H-pyrrole nitrogens is 1. The maximum absolute atomic E-state index is 11.9. The Labute approximate surface area is 108 Å². The number of carboxylic acid groups (broad SMARTS) is 1. The van der Waals surface area contributed by atoms with Gasteiger partial charge in [-0.2, -0.15) is 0 Å². The summed E-state index contributed by atoms with van der Waals surface area (Å²) in [7, 11) is 0. The van der Waals surface area contributed by atoms with Crippen LogP contribution in [0, 0.1) is 6.92 Å². The van der Waals surface area contributed by atoms with Crippen molar-refractivity contribution in [1.29, 1.82) is 0 Å². The first-order valence-corrected chi connectivity index (χ1v) is 5.60. The number of halogens is 1. The average molecular weight is 264 g/mol. The molecular formula is C13H10ClNO3. The van der Waals surface area contributed by atoms with Gasteiger partial charge in [-0.25, -0.2) is 4.79 Å². The fourth-order valence-corrected chi connectivity index (χ4v) is 2.04. The second kappa shape index (κ2) is 4.66. The van der Waals surface area contributed by atoms with Crippen LogP contribution < -0.4 is 5.56 Å². The predicted octanol–water partition coefficient (Wildman–Crippen LogP) is 2.59. The van der Waals surface area contributed by atoms with Gasteiger partial charge in [0.25, 0.3) is 5.56 Å². The summed E-state index contributed by atoms with van der Waals surface area (Å²) >= 11 is 6.00. The highest BCUT2D eigenvalue weighted by Crippen LogP contribution is 2.24. The maximum atomic E-state index is 11.9. The summed E-state index contributed by atoms with van der Waals surface area (Å²) < 4.78 is 0. The van der Waals surface area contributed by atoms with Gasteiger partial charge in [-0.15, -0.1) is 0 Å². The molecule has 18 heavy (non-hydrogen) atoms. The summed E-state index contributed by atoms with van der Waals surface area (Å²) in [6, 6.07) is 5.29. The summed E-state index contributed by atoms with van der Waals surface area (Å²) in [5.74, 6) is -1.10. The van der Waals surface area contributed by atoms with Gasteiger partial charge in [-0.1, -0.05) is 23.7 Å². The average Bonchev–Trinajstić information content (AvgIpc) is 2.30. The highest BCUT2D eigenvalue weighted by molar-refractivity contribution is 6.35. The molecule has 0 atom stereocenters. The number of rotatable bonds is 2. The molecule has 92 valence electrons. The number of benzene rings is 1. The van der Waals surface area contributed by atoms with Gasteiger partial charge in [0.1, 0.15) is 0 Å². The second-order valence-electron chi connectivity index (χ2n) is 3.83. The van der Waals surface area contributed by atoms with Gasteiger partial charge in [0.2, 0.25) is 0 Å². The lowest BCUT2D eigenvalue weighted by Crippen LogP contribution is -2.12. The molecule has 2 N–H and O–H groups in total. The van der Waals surface area contributed by atoms with E-state index in [0.717, 1.165) is 11.5 Å². The molecule has 0 aliphatic heterocycles. The van der Waals surface area contributed by atoms with Gasteiger partial charge in [0.15, 0.2) is 0 Å². The van der Waals surface area contributed by atoms with E-state index >= 15 is 0 Å². The number of para-hydroxylation sites is 1. The lowest BCUT2D eigenvalue weighted by atomic mass is 10.0. The number of fused-ring (bicyclic) bond motifs is 1. The van der Waals surface area contributed by atoms with Crippen molar-refractivity contribution in [2.45, 2.75) is 6.92 Å². The molecule has 1 aromatic heterocycles. The van der Waals surface area contributed by atoms with Crippen LogP contribution >= 0.6 is 11.6 Å². The van der Waals surface area contributed by atoms with Crippen LogP contribution in [0.5, 0.6) is 0 Å². The molecule has 0 saturated carbocycles. The first-order chi connectivity index (χ1) is 8.50.